The van der Waals surface area contributed by atoms with Crippen molar-refractivity contribution in [1.29, 1.82) is 0 Å². The molecule has 1 atom stereocenters. The summed E-state index contributed by atoms with van der Waals surface area (Å²) in [7, 11) is 1.56. The van der Waals surface area contributed by atoms with E-state index in [1.165, 1.54) is 12.1 Å². The van der Waals surface area contributed by atoms with Gasteiger partial charge in [-0.25, -0.2) is 9.07 Å². The topological polar surface area (TPSA) is 89.4 Å². The highest BCUT2D eigenvalue weighted by Crippen LogP contribution is 2.20. The van der Waals surface area contributed by atoms with E-state index in [0.717, 1.165) is 18.4 Å². The van der Waals surface area contributed by atoms with Crippen molar-refractivity contribution in [1.82, 2.24) is 25.2 Å². The number of methoxy groups -OCH3 is 1. The van der Waals surface area contributed by atoms with Gasteiger partial charge in [0, 0.05) is 20.2 Å². The molecule has 28 heavy (non-hydrogen) atoms. The third-order valence-electron chi connectivity index (χ3n) is 4.73. The van der Waals surface area contributed by atoms with E-state index in [1.54, 1.807) is 30.1 Å². The molecule has 2 heterocycles. The standard InChI is InChI=1S/C19H24FN5O3/c1-28-10-8-21-19(27)17-13-24(23-22-17)12-16-3-2-9-25(16)18(26)11-14-4-6-15(20)7-5-14/h4-7,13,16H,2-3,8-12H2,1H3,(H,21,27). The van der Waals surface area contributed by atoms with E-state index in [9.17, 15) is 14.0 Å². The van der Waals surface area contributed by atoms with Crippen LogP contribution in [0, 0.1) is 5.82 Å². The summed E-state index contributed by atoms with van der Waals surface area (Å²) in [6.45, 7) is 1.99. The predicted octanol–water partition coefficient (Wildman–Crippen LogP) is 1.03. The number of nitrogens with one attached hydrogen (secondary N) is 1. The van der Waals surface area contributed by atoms with Gasteiger partial charge in [0.1, 0.15) is 5.82 Å². The molecule has 0 saturated carbocycles. The lowest BCUT2D eigenvalue weighted by Crippen LogP contribution is -2.39. The lowest BCUT2D eigenvalue weighted by Gasteiger charge is -2.24. The van der Waals surface area contributed by atoms with Crippen LogP contribution in [-0.2, 0) is 22.5 Å². The van der Waals surface area contributed by atoms with E-state index in [-0.39, 0.29) is 35.8 Å². The fraction of sp³-hybridized carbons (Fsp3) is 0.474. The lowest BCUT2D eigenvalue weighted by atomic mass is 10.1. The molecule has 1 N–H and O–H groups in total. The second-order valence-electron chi connectivity index (χ2n) is 6.76. The van der Waals surface area contributed by atoms with Gasteiger partial charge in [0.05, 0.1) is 31.8 Å². The van der Waals surface area contributed by atoms with Crippen molar-refractivity contribution in [3.8, 4) is 0 Å². The summed E-state index contributed by atoms with van der Waals surface area (Å²) < 4.78 is 19.5. The molecule has 1 fully saturated rings. The number of amides is 2. The quantitative estimate of drug-likeness (QED) is 0.681. The maximum atomic E-state index is 13.0. The van der Waals surface area contributed by atoms with Crippen molar-refractivity contribution in [3.05, 3.63) is 47.5 Å². The minimum Gasteiger partial charge on any atom is -0.383 e. The van der Waals surface area contributed by atoms with Crippen molar-refractivity contribution in [3.63, 3.8) is 0 Å². The van der Waals surface area contributed by atoms with Crippen molar-refractivity contribution in [2.75, 3.05) is 26.8 Å². The summed E-state index contributed by atoms with van der Waals surface area (Å²) in [6.07, 6.45) is 3.60. The van der Waals surface area contributed by atoms with Gasteiger partial charge in [-0.2, -0.15) is 0 Å². The number of benzene rings is 1. The highest BCUT2D eigenvalue weighted by Gasteiger charge is 2.29. The minimum absolute atomic E-state index is 0.000879. The van der Waals surface area contributed by atoms with Gasteiger partial charge >= 0.3 is 0 Å². The number of hydrogen-bond donors (Lipinski definition) is 1. The monoisotopic (exact) mass is 389 g/mol. The minimum atomic E-state index is -0.316. The predicted molar refractivity (Wildman–Crippen MR) is 99.1 cm³/mol. The number of aromatic nitrogens is 3. The molecule has 1 aliphatic heterocycles. The Kier molecular flexibility index (Phi) is 6.70. The Hall–Kier alpha value is -2.81. The molecule has 0 radical (unpaired) electrons. The van der Waals surface area contributed by atoms with Gasteiger partial charge in [-0.15, -0.1) is 5.10 Å². The van der Waals surface area contributed by atoms with E-state index >= 15 is 0 Å². The van der Waals surface area contributed by atoms with Crippen molar-refractivity contribution in [2.24, 2.45) is 0 Å². The molecule has 8 nitrogen and oxygen atoms in total. The summed E-state index contributed by atoms with van der Waals surface area (Å²) in [6, 6.07) is 5.98. The molecular formula is C19H24FN5O3. The van der Waals surface area contributed by atoms with Crippen LogP contribution in [0.25, 0.3) is 0 Å². The fourth-order valence-electron chi connectivity index (χ4n) is 3.30. The molecule has 9 heteroatoms. The van der Waals surface area contributed by atoms with Gasteiger partial charge in [-0.05, 0) is 30.5 Å². The molecule has 1 saturated heterocycles. The normalized spacial score (nSPS) is 16.4. The third kappa shape index (κ3) is 5.13. The molecular weight excluding hydrogens is 365 g/mol. The number of likely N-dealkylation sites (tertiary alicyclic amines) is 1. The second kappa shape index (κ2) is 9.41. The van der Waals surface area contributed by atoms with Gasteiger partial charge in [0.2, 0.25) is 5.91 Å². The van der Waals surface area contributed by atoms with Crippen LogP contribution in [0.4, 0.5) is 4.39 Å². The van der Waals surface area contributed by atoms with Gasteiger partial charge in [0.15, 0.2) is 5.69 Å². The SMILES string of the molecule is COCCNC(=O)c1cn(CC2CCCN2C(=O)Cc2ccc(F)cc2)nn1. The van der Waals surface area contributed by atoms with Crippen LogP contribution in [-0.4, -0.2) is 64.6 Å². The summed E-state index contributed by atoms with van der Waals surface area (Å²) in [5.41, 5.74) is 1.02. The van der Waals surface area contributed by atoms with Crippen molar-refractivity contribution in [2.45, 2.75) is 31.8 Å². The van der Waals surface area contributed by atoms with Gasteiger partial charge in [0.25, 0.3) is 5.91 Å². The van der Waals surface area contributed by atoms with Gasteiger partial charge in [-0.3, -0.25) is 9.59 Å². The molecule has 2 amide bonds. The number of hydrogen-bond acceptors (Lipinski definition) is 5. The highest BCUT2D eigenvalue weighted by molar-refractivity contribution is 5.91. The van der Waals surface area contributed by atoms with Crippen LogP contribution in [0.5, 0.6) is 0 Å². The summed E-state index contributed by atoms with van der Waals surface area (Å²) >= 11 is 0. The maximum absolute atomic E-state index is 13.0. The first-order valence-corrected chi connectivity index (χ1v) is 9.28. The van der Waals surface area contributed by atoms with Crippen LogP contribution in [0.2, 0.25) is 0 Å². The molecule has 1 unspecified atom stereocenters. The molecule has 1 aromatic carbocycles. The zero-order valence-electron chi connectivity index (χ0n) is 15.8. The highest BCUT2D eigenvalue weighted by atomic mass is 19.1. The number of carbonyl (C=O) groups excluding carboxylic acids is 2. The van der Waals surface area contributed by atoms with Crippen molar-refractivity contribution >= 4 is 11.8 Å². The first-order chi connectivity index (χ1) is 13.6. The first kappa shape index (κ1) is 19.9. The van der Waals surface area contributed by atoms with Gasteiger partial charge in [-0.1, -0.05) is 17.3 Å². The van der Waals surface area contributed by atoms with Crippen LogP contribution < -0.4 is 5.32 Å². The third-order valence-corrected chi connectivity index (χ3v) is 4.73. The smallest absolute Gasteiger partial charge is 0.273 e. The molecule has 150 valence electrons. The van der Waals surface area contributed by atoms with Crippen LogP contribution >= 0.6 is 0 Å². The number of nitrogens with zero attached hydrogens (tertiary/aromatic N) is 4. The Balaban J connectivity index is 1.57. The molecule has 0 aliphatic carbocycles. The van der Waals surface area contributed by atoms with Gasteiger partial charge < -0.3 is 15.0 Å². The van der Waals surface area contributed by atoms with Crippen molar-refractivity contribution < 1.29 is 18.7 Å². The van der Waals surface area contributed by atoms with E-state index in [4.69, 9.17) is 4.74 Å². The van der Waals surface area contributed by atoms with E-state index in [2.05, 4.69) is 15.6 Å². The average molecular weight is 389 g/mol. The van der Waals surface area contributed by atoms with E-state index < -0.39 is 0 Å². The zero-order valence-corrected chi connectivity index (χ0v) is 15.8. The largest absolute Gasteiger partial charge is 0.383 e. The molecule has 1 aliphatic rings. The number of ether oxygens (including phenoxy) is 1. The molecule has 0 bridgehead atoms. The molecule has 1 aromatic heterocycles. The Morgan fingerprint density at radius 1 is 1.32 bits per heavy atom. The Labute approximate surface area is 162 Å². The summed E-state index contributed by atoms with van der Waals surface area (Å²) in [5.74, 6) is -0.616. The molecule has 0 spiro atoms. The Bertz CT molecular complexity index is 808. The zero-order chi connectivity index (χ0) is 19.9. The maximum Gasteiger partial charge on any atom is 0.273 e. The first-order valence-electron chi connectivity index (χ1n) is 9.28. The van der Waals surface area contributed by atoms with E-state index in [1.807, 2.05) is 4.90 Å². The Morgan fingerprint density at radius 2 is 2.11 bits per heavy atom. The Morgan fingerprint density at radius 3 is 2.86 bits per heavy atom. The number of rotatable bonds is 8. The summed E-state index contributed by atoms with van der Waals surface area (Å²) in [5, 5.41) is 10.6. The molecule has 3 rings (SSSR count). The summed E-state index contributed by atoms with van der Waals surface area (Å²) in [4.78, 5) is 26.5. The fourth-order valence-corrected chi connectivity index (χ4v) is 3.30. The number of carbonyl (C=O) groups is 2. The molecule has 2 aromatic rings. The average Bonchev–Trinajstić information content (AvgIpc) is 3.34. The lowest BCUT2D eigenvalue weighted by molar-refractivity contribution is -0.131. The van der Waals surface area contributed by atoms with E-state index in [0.29, 0.717) is 26.2 Å². The second-order valence-corrected chi connectivity index (χ2v) is 6.76. The van der Waals surface area contributed by atoms with Crippen LogP contribution in [0.3, 0.4) is 0 Å². The van der Waals surface area contributed by atoms with Crippen LogP contribution in [0.1, 0.15) is 28.9 Å². The number of halogens is 1. The van der Waals surface area contributed by atoms with Crippen LogP contribution in [0.15, 0.2) is 30.5 Å².